The van der Waals surface area contributed by atoms with Gasteiger partial charge in [0.25, 0.3) is 11.5 Å². The number of carbonyl (C=O) groups is 1. The van der Waals surface area contributed by atoms with Crippen LogP contribution in [0.4, 0.5) is 14.6 Å². The molecule has 132 valence electrons. The van der Waals surface area contributed by atoms with Crippen LogP contribution in [0.3, 0.4) is 0 Å². The van der Waals surface area contributed by atoms with Crippen molar-refractivity contribution in [3.05, 3.63) is 87.5 Å². The Morgan fingerprint density at radius 1 is 1.08 bits per heavy atom. The van der Waals surface area contributed by atoms with Crippen LogP contribution in [0.2, 0.25) is 0 Å². The molecule has 2 aromatic heterocycles. The summed E-state index contributed by atoms with van der Waals surface area (Å²) in [5.41, 5.74) is 0.967. The first-order valence-corrected chi connectivity index (χ1v) is 7.66. The van der Waals surface area contributed by atoms with Crippen LogP contribution < -0.4 is 10.9 Å². The number of halogens is 2. The average molecular weight is 356 g/mol. The fourth-order valence-electron chi connectivity index (χ4n) is 2.36. The van der Waals surface area contributed by atoms with Gasteiger partial charge in [0, 0.05) is 25.4 Å². The van der Waals surface area contributed by atoms with Gasteiger partial charge in [-0.1, -0.05) is 6.07 Å². The molecule has 0 atom stereocenters. The van der Waals surface area contributed by atoms with E-state index in [0.29, 0.717) is 17.8 Å². The van der Waals surface area contributed by atoms with Crippen molar-refractivity contribution in [3.8, 4) is 0 Å². The van der Waals surface area contributed by atoms with Crippen molar-refractivity contribution in [3.63, 3.8) is 0 Å². The van der Waals surface area contributed by atoms with Gasteiger partial charge in [-0.05, 0) is 41.8 Å². The van der Waals surface area contributed by atoms with Gasteiger partial charge in [0.05, 0.1) is 0 Å². The van der Waals surface area contributed by atoms with Crippen molar-refractivity contribution in [2.45, 2.75) is 6.42 Å². The molecule has 6 nitrogen and oxygen atoms in total. The average Bonchev–Trinajstić information content (AvgIpc) is 2.58. The van der Waals surface area contributed by atoms with E-state index in [2.05, 4.69) is 15.4 Å². The maximum atomic E-state index is 13.2. The Kier molecular flexibility index (Phi) is 4.83. The van der Waals surface area contributed by atoms with Crippen molar-refractivity contribution >= 4 is 11.7 Å². The molecule has 0 unspecified atom stereocenters. The van der Waals surface area contributed by atoms with Crippen LogP contribution in [0.15, 0.2) is 53.5 Å². The molecule has 0 bridgehead atoms. The van der Waals surface area contributed by atoms with Gasteiger partial charge >= 0.3 is 0 Å². The van der Waals surface area contributed by atoms with Gasteiger partial charge in [0.1, 0.15) is 23.1 Å². The van der Waals surface area contributed by atoms with E-state index in [0.717, 1.165) is 16.3 Å². The molecular weight excluding hydrogens is 342 g/mol. The van der Waals surface area contributed by atoms with Crippen LogP contribution in [0.1, 0.15) is 21.6 Å². The van der Waals surface area contributed by atoms with Gasteiger partial charge in [-0.25, -0.2) is 18.4 Å². The molecule has 1 N–H and O–H groups in total. The largest absolute Gasteiger partial charge is 0.305 e. The minimum absolute atomic E-state index is 0.0770. The maximum absolute atomic E-state index is 13.2. The lowest BCUT2D eigenvalue weighted by atomic mass is 10.1. The van der Waals surface area contributed by atoms with Crippen molar-refractivity contribution in [1.29, 1.82) is 0 Å². The second-order valence-corrected chi connectivity index (χ2v) is 5.64. The summed E-state index contributed by atoms with van der Waals surface area (Å²) in [4.78, 5) is 27.5. The van der Waals surface area contributed by atoms with E-state index in [9.17, 15) is 18.4 Å². The van der Waals surface area contributed by atoms with Gasteiger partial charge in [0.2, 0.25) is 0 Å². The minimum Gasteiger partial charge on any atom is -0.305 e. The van der Waals surface area contributed by atoms with E-state index in [1.807, 2.05) is 0 Å². The first kappa shape index (κ1) is 17.4. The molecule has 2 heterocycles. The number of amides is 1. The Labute approximate surface area is 147 Å². The number of aryl methyl sites for hydroxylation is 1. The van der Waals surface area contributed by atoms with Gasteiger partial charge in [-0.2, -0.15) is 5.10 Å². The molecule has 3 rings (SSSR count). The number of rotatable bonds is 4. The summed E-state index contributed by atoms with van der Waals surface area (Å²) >= 11 is 0. The van der Waals surface area contributed by atoms with E-state index in [1.54, 1.807) is 12.1 Å². The summed E-state index contributed by atoms with van der Waals surface area (Å²) in [5, 5.41) is 6.42. The van der Waals surface area contributed by atoms with Crippen LogP contribution in [0, 0.1) is 11.6 Å². The van der Waals surface area contributed by atoms with Crippen molar-refractivity contribution in [1.82, 2.24) is 14.8 Å². The molecule has 0 aliphatic heterocycles. The fraction of sp³-hybridized carbons (Fsp3) is 0.111. The number of carbonyl (C=O) groups excluding carboxylic acids is 1. The SMILES string of the molecule is Cn1nc(C(=O)Nc2ccc(Cc3cc(F)cc(F)c3)cn2)ccc1=O. The third-order valence-corrected chi connectivity index (χ3v) is 3.59. The normalized spacial score (nSPS) is 10.6. The first-order valence-electron chi connectivity index (χ1n) is 7.66. The lowest BCUT2D eigenvalue weighted by Gasteiger charge is -2.06. The molecule has 0 radical (unpaired) electrons. The fourth-order valence-corrected chi connectivity index (χ4v) is 2.36. The molecule has 1 aromatic carbocycles. The zero-order chi connectivity index (χ0) is 18.7. The molecule has 0 aliphatic rings. The molecule has 0 saturated heterocycles. The van der Waals surface area contributed by atoms with Crippen LogP contribution in [-0.4, -0.2) is 20.7 Å². The summed E-state index contributed by atoms with van der Waals surface area (Å²) in [5.74, 6) is -1.49. The highest BCUT2D eigenvalue weighted by molar-refractivity contribution is 6.02. The first-order chi connectivity index (χ1) is 12.4. The van der Waals surface area contributed by atoms with E-state index < -0.39 is 17.5 Å². The third kappa shape index (κ3) is 4.15. The van der Waals surface area contributed by atoms with Crippen LogP contribution in [0.25, 0.3) is 0 Å². The molecule has 3 aromatic rings. The Bertz CT molecular complexity index is 996. The summed E-state index contributed by atoms with van der Waals surface area (Å²) in [7, 11) is 1.45. The van der Waals surface area contributed by atoms with Crippen LogP contribution in [0.5, 0.6) is 0 Å². The highest BCUT2D eigenvalue weighted by Gasteiger charge is 2.10. The van der Waals surface area contributed by atoms with E-state index in [4.69, 9.17) is 0 Å². The zero-order valence-electron chi connectivity index (χ0n) is 13.7. The monoisotopic (exact) mass is 356 g/mol. The van der Waals surface area contributed by atoms with Gasteiger partial charge in [-0.3, -0.25) is 9.59 Å². The Morgan fingerprint density at radius 2 is 1.81 bits per heavy atom. The summed E-state index contributed by atoms with van der Waals surface area (Å²) in [6, 6.07) is 9.16. The lowest BCUT2D eigenvalue weighted by molar-refractivity contribution is 0.101. The lowest BCUT2D eigenvalue weighted by Crippen LogP contribution is -2.23. The molecule has 1 amide bonds. The summed E-state index contributed by atoms with van der Waals surface area (Å²) < 4.78 is 27.5. The highest BCUT2D eigenvalue weighted by Crippen LogP contribution is 2.14. The smallest absolute Gasteiger partial charge is 0.277 e. The van der Waals surface area contributed by atoms with Crippen LogP contribution in [-0.2, 0) is 13.5 Å². The number of hydrogen-bond donors (Lipinski definition) is 1. The summed E-state index contributed by atoms with van der Waals surface area (Å²) in [6.07, 6.45) is 1.81. The minimum atomic E-state index is -0.637. The topological polar surface area (TPSA) is 76.9 Å². The predicted molar refractivity (Wildman–Crippen MR) is 90.8 cm³/mol. The molecule has 0 fully saturated rings. The number of benzene rings is 1. The van der Waals surface area contributed by atoms with E-state index >= 15 is 0 Å². The predicted octanol–water partition coefficient (Wildman–Crippen LogP) is 2.30. The van der Waals surface area contributed by atoms with Crippen molar-refractivity contribution in [2.75, 3.05) is 5.32 Å². The Balaban J connectivity index is 1.70. The number of hydrogen-bond acceptors (Lipinski definition) is 4. The van der Waals surface area contributed by atoms with E-state index in [-0.39, 0.29) is 11.3 Å². The molecule has 26 heavy (non-hydrogen) atoms. The Hall–Kier alpha value is -3.42. The van der Waals surface area contributed by atoms with Crippen molar-refractivity contribution in [2.24, 2.45) is 7.05 Å². The third-order valence-electron chi connectivity index (χ3n) is 3.59. The molecule has 8 heteroatoms. The number of aromatic nitrogens is 3. The molecular formula is C18H14F2N4O2. The highest BCUT2D eigenvalue weighted by atomic mass is 19.1. The molecule has 0 saturated carbocycles. The second-order valence-electron chi connectivity index (χ2n) is 5.64. The van der Waals surface area contributed by atoms with Crippen LogP contribution >= 0.6 is 0 Å². The summed E-state index contributed by atoms with van der Waals surface area (Å²) in [6.45, 7) is 0. The number of nitrogens with zero attached hydrogens (tertiary/aromatic N) is 3. The van der Waals surface area contributed by atoms with Crippen molar-refractivity contribution < 1.29 is 13.6 Å². The van der Waals surface area contributed by atoms with E-state index in [1.165, 1.54) is 37.5 Å². The van der Waals surface area contributed by atoms with Gasteiger partial charge in [0.15, 0.2) is 0 Å². The van der Waals surface area contributed by atoms with Gasteiger partial charge < -0.3 is 5.32 Å². The number of nitrogens with one attached hydrogen (secondary N) is 1. The number of pyridine rings is 1. The standard InChI is InChI=1S/C18H14F2N4O2/c1-24-17(25)5-3-15(23-24)18(26)22-16-4-2-11(10-21-16)6-12-7-13(19)9-14(20)8-12/h2-5,7-10H,6H2,1H3,(H,21,22,26). The maximum Gasteiger partial charge on any atom is 0.277 e. The second kappa shape index (κ2) is 7.22. The zero-order valence-corrected chi connectivity index (χ0v) is 13.7. The quantitative estimate of drug-likeness (QED) is 0.778. The molecule has 0 spiro atoms. The van der Waals surface area contributed by atoms with Gasteiger partial charge in [-0.15, -0.1) is 0 Å². The Morgan fingerprint density at radius 3 is 2.42 bits per heavy atom. The molecule has 0 aliphatic carbocycles. The number of anilines is 1.